The zero-order valence-electron chi connectivity index (χ0n) is 18.0. The molecule has 0 radical (unpaired) electrons. The molecule has 0 unspecified atom stereocenters. The highest BCUT2D eigenvalue weighted by atomic mass is 35.5. The van der Waals surface area contributed by atoms with Crippen molar-refractivity contribution in [3.05, 3.63) is 51.7 Å². The summed E-state index contributed by atoms with van der Waals surface area (Å²) in [6.07, 6.45) is 1.08. The van der Waals surface area contributed by atoms with Crippen LogP contribution in [0.5, 0.6) is 0 Å². The molecule has 2 aromatic rings. The highest BCUT2D eigenvalue weighted by Crippen LogP contribution is 2.20. The van der Waals surface area contributed by atoms with Crippen LogP contribution in [0.1, 0.15) is 4.88 Å². The molecule has 2 saturated heterocycles. The van der Waals surface area contributed by atoms with Crippen molar-refractivity contribution in [2.45, 2.75) is 11.3 Å². The Morgan fingerprint density at radius 2 is 1.56 bits per heavy atom. The molecule has 3 heterocycles. The third-order valence-electron chi connectivity index (χ3n) is 6.12. The third kappa shape index (κ3) is 5.89. The first-order valence-corrected chi connectivity index (χ1v) is 13.6. The molecule has 0 aliphatic carbocycles. The van der Waals surface area contributed by atoms with Crippen molar-refractivity contribution in [1.29, 1.82) is 0 Å². The number of hydrogen-bond donors (Lipinski definition) is 0. The van der Waals surface area contributed by atoms with Crippen LogP contribution in [0.4, 0.5) is 0 Å². The van der Waals surface area contributed by atoms with Crippen LogP contribution in [0, 0.1) is 0 Å². The van der Waals surface area contributed by atoms with Crippen molar-refractivity contribution in [2.24, 2.45) is 0 Å². The van der Waals surface area contributed by atoms with Gasteiger partial charge < -0.3 is 9.80 Å². The zero-order chi connectivity index (χ0) is 22.6. The van der Waals surface area contributed by atoms with Crippen molar-refractivity contribution in [3.63, 3.8) is 0 Å². The van der Waals surface area contributed by atoms with Crippen molar-refractivity contribution >= 4 is 38.9 Å². The van der Waals surface area contributed by atoms with E-state index in [-0.39, 0.29) is 10.8 Å². The highest BCUT2D eigenvalue weighted by Gasteiger charge is 2.31. The number of nitrogens with zero attached hydrogens (tertiary/aromatic N) is 4. The first kappa shape index (κ1) is 23.7. The van der Waals surface area contributed by atoms with Gasteiger partial charge in [0.25, 0.3) is 0 Å². The summed E-state index contributed by atoms with van der Waals surface area (Å²) in [4.78, 5) is 20.9. The van der Waals surface area contributed by atoms with E-state index in [9.17, 15) is 13.2 Å². The Bertz CT molecular complexity index is 983. The fraction of sp³-hybridized carbons (Fsp3) is 0.500. The molecule has 0 N–H and O–H groups in total. The summed E-state index contributed by atoms with van der Waals surface area (Å²) in [5, 5.41) is 2.62. The van der Waals surface area contributed by atoms with Gasteiger partial charge in [-0.3, -0.25) is 9.69 Å². The number of halogens is 1. The lowest BCUT2D eigenvalue weighted by molar-refractivity contribution is -0.134. The SMILES string of the molecule is O=C(CN1CCN(CCc2cccs2)CC1)N1CCN(S(=O)(=O)c2ccc(Cl)cc2)CC1. The van der Waals surface area contributed by atoms with Gasteiger partial charge >= 0.3 is 0 Å². The fourth-order valence-electron chi connectivity index (χ4n) is 4.12. The normalized spacial score (nSPS) is 19.3. The lowest BCUT2D eigenvalue weighted by atomic mass is 10.2. The molecule has 1 amide bonds. The van der Waals surface area contributed by atoms with Crippen LogP contribution < -0.4 is 0 Å². The second kappa shape index (κ2) is 10.6. The van der Waals surface area contributed by atoms with Crippen molar-refractivity contribution < 1.29 is 13.2 Å². The van der Waals surface area contributed by atoms with Crippen LogP contribution >= 0.6 is 22.9 Å². The Balaban J connectivity index is 1.20. The maximum absolute atomic E-state index is 12.8. The minimum Gasteiger partial charge on any atom is -0.339 e. The maximum Gasteiger partial charge on any atom is 0.243 e. The number of thiophene rings is 1. The van der Waals surface area contributed by atoms with Gasteiger partial charge in [0.2, 0.25) is 15.9 Å². The van der Waals surface area contributed by atoms with Gasteiger partial charge in [0.1, 0.15) is 0 Å². The molecule has 2 fully saturated rings. The standard InChI is InChI=1S/C22H29ClN4O3S2/c23-19-3-5-21(6-4-19)32(29,30)27-15-13-26(14-16-27)22(28)18-25-11-9-24(10-12-25)8-7-20-2-1-17-31-20/h1-6,17H,7-16,18H2. The van der Waals surface area contributed by atoms with E-state index in [4.69, 9.17) is 11.6 Å². The monoisotopic (exact) mass is 496 g/mol. The van der Waals surface area contributed by atoms with Crippen LogP contribution in [0.25, 0.3) is 0 Å². The van der Waals surface area contributed by atoms with E-state index < -0.39 is 10.0 Å². The molecule has 10 heteroatoms. The van der Waals surface area contributed by atoms with E-state index >= 15 is 0 Å². The Hall–Kier alpha value is -1.49. The van der Waals surface area contributed by atoms with E-state index in [1.807, 2.05) is 0 Å². The van der Waals surface area contributed by atoms with Crippen molar-refractivity contribution in [2.75, 3.05) is 65.4 Å². The number of carbonyl (C=O) groups excluding carboxylic acids is 1. The summed E-state index contributed by atoms with van der Waals surface area (Å²) < 4.78 is 27.1. The molecule has 0 bridgehead atoms. The summed E-state index contributed by atoms with van der Waals surface area (Å²) in [6.45, 7) is 6.67. The Labute approximate surface area is 199 Å². The molecule has 0 saturated carbocycles. The summed E-state index contributed by atoms with van der Waals surface area (Å²) in [5.74, 6) is 0.0839. The summed E-state index contributed by atoms with van der Waals surface area (Å²) >= 11 is 7.67. The van der Waals surface area contributed by atoms with Crippen LogP contribution in [0.15, 0.2) is 46.7 Å². The number of piperazine rings is 2. The van der Waals surface area contributed by atoms with Gasteiger partial charge in [0.05, 0.1) is 11.4 Å². The molecule has 174 valence electrons. The molecule has 1 aromatic heterocycles. The molecule has 2 aliphatic rings. The number of carbonyl (C=O) groups is 1. The molecule has 0 atom stereocenters. The minimum atomic E-state index is -3.56. The van der Waals surface area contributed by atoms with Crippen molar-refractivity contribution in [3.8, 4) is 0 Å². The van der Waals surface area contributed by atoms with E-state index in [1.165, 1.54) is 21.3 Å². The van der Waals surface area contributed by atoms with E-state index in [2.05, 4.69) is 27.3 Å². The van der Waals surface area contributed by atoms with Gasteiger partial charge in [-0.2, -0.15) is 4.31 Å². The Kier molecular flexibility index (Phi) is 7.86. The lowest BCUT2D eigenvalue weighted by Gasteiger charge is -2.37. The van der Waals surface area contributed by atoms with Crippen molar-refractivity contribution in [1.82, 2.24) is 19.0 Å². The first-order valence-electron chi connectivity index (χ1n) is 10.9. The molecule has 4 rings (SSSR count). The second-order valence-corrected chi connectivity index (χ2v) is 11.6. The van der Waals surface area contributed by atoms with Crippen LogP contribution in [0.2, 0.25) is 5.02 Å². The molecular weight excluding hydrogens is 468 g/mol. The minimum absolute atomic E-state index is 0.0839. The summed E-state index contributed by atoms with van der Waals surface area (Å²) in [7, 11) is -3.56. The quantitative estimate of drug-likeness (QED) is 0.587. The predicted molar refractivity (Wildman–Crippen MR) is 128 cm³/mol. The Morgan fingerprint density at radius 3 is 2.19 bits per heavy atom. The molecular formula is C22H29ClN4O3S2. The topological polar surface area (TPSA) is 64.2 Å². The largest absolute Gasteiger partial charge is 0.339 e. The maximum atomic E-state index is 12.8. The second-order valence-electron chi connectivity index (χ2n) is 8.19. The number of amides is 1. The van der Waals surface area contributed by atoms with Gasteiger partial charge in [-0.25, -0.2) is 8.42 Å². The smallest absolute Gasteiger partial charge is 0.243 e. The molecule has 32 heavy (non-hydrogen) atoms. The number of benzene rings is 1. The molecule has 0 spiro atoms. The molecule has 7 nitrogen and oxygen atoms in total. The van der Waals surface area contributed by atoms with Gasteiger partial charge in [-0.15, -0.1) is 11.3 Å². The highest BCUT2D eigenvalue weighted by molar-refractivity contribution is 7.89. The number of rotatable bonds is 7. The Morgan fingerprint density at radius 1 is 0.906 bits per heavy atom. The molecule has 1 aromatic carbocycles. The van der Waals surface area contributed by atoms with E-state index in [1.54, 1.807) is 28.4 Å². The predicted octanol–water partition coefficient (Wildman–Crippen LogP) is 2.09. The van der Waals surface area contributed by atoms with E-state index in [0.717, 1.165) is 39.1 Å². The van der Waals surface area contributed by atoms with Gasteiger partial charge in [-0.1, -0.05) is 17.7 Å². The summed E-state index contributed by atoms with van der Waals surface area (Å²) in [6, 6.07) is 10.5. The molecule has 2 aliphatic heterocycles. The fourth-order valence-corrected chi connectivity index (χ4v) is 6.37. The van der Waals surface area contributed by atoms with Crippen LogP contribution in [0.3, 0.4) is 0 Å². The third-order valence-corrected chi connectivity index (χ3v) is 9.22. The lowest BCUT2D eigenvalue weighted by Crippen LogP contribution is -2.54. The van der Waals surface area contributed by atoms with Gasteiger partial charge in [0, 0.05) is 68.8 Å². The average Bonchev–Trinajstić information content (AvgIpc) is 3.33. The van der Waals surface area contributed by atoms with Gasteiger partial charge in [0.15, 0.2) is 0 Å². The van der Waals surface area contributed by atoms with Crippen LogP contribution in [-0.4, -0.2) is 98.8 Å². The van der Waals surface area contributed by atoms with Crippen LogP contribution in [-0.2, 0) is 21.2 Å². The number of sulfonamides is 1. The van der Waals surface area contributed by atoms with Gasteiger partial charge in [-0.05, 0) is 42.1 Å². The number of hydrogen-bond acceptors (Lipinski definition) is 6. The average molecular weight is 497 g/mol. The summed E-state index contributed by atoms with van der Waals surface area (Å²) in [5.41, 5.74) is 0. The van der Waals surface area contributed by atoms with E-state index in [0.29, 0.717) is 37.7 Å². The zero-order valence-corrected chi connectivity index (χ0v) is 20.4. The first-order chi connectivity index (χ1) is 15.4.